The van der Waals surface area contributed by atoms with Crippen molar-refractivity contribution in [2.24, 2.45) is 5.10 Å². The molecule has 7 nitrogen and oxygen atoms in total. The smallest absolute Gasteiger partial charge is 0.261 e. The summed E-state index contributed by atoms with van der Waals surface area (Å²) in [6.45, 7) is 5.89. The van der Waals surface area contributed by atoms with E-state index < -0.39 is 0 Å². The standard InChI is InChI=1S/C23H23BrCl2N4O3/c1-13(27-28-22(31)11-30-15(3)23(24)14(2)29-30)16-6-8-20(21(9-16)32-4)33-12-17-5-7-18(25)10-19(17)26/h5-10H,11-12H2,1-4H3,(H,28,31). The molecule has 0 aliphatic rings. The van der Waals surface area contributed by atoms with E-state index in [9.17, 15) is 4.79 Å². The van der Waals surface area contributed by atoms with Crippen LogP contribution in [0.1, 0.15) is 29.4 Å². The van der Waals surface area contributed by atoms with E-state index in [-0.39, 0.29) is 19.1 Å². The Bertz CT molecular complexity index is 1210. The molecular weight excluding hydrogens is 531 g/mol. The fourth-order valence-corrected chi connectivity index (χ4v) is 3.76. The lowest BCUT2D eigenvalue weighted by atomic mass is 10.1. The summed E-state index contributed by atoms with van der Waals surface area (Å²) >= 11 is 15.6. The summed E-state index contributed by atoms with van der Waals surface area (Å²) in [7, 11) is 1.56. The number of carbonyl (C=O) groups excluding carboxylic acids is 1. The number of nitrogens with zero attached hydrogens (tertiary/aromatic N) is 3. The van der Waals surface area contributed by atoms with Gasteiger partial charge in [0, 0.05) is 21.2 Å². The maximum atomic E-state index is 12.3. The summed E-state index contributed by atoms with van der Waals surface area (Å²) in [6, 6.07) is 10.7. The van der Waals surface area contributed by atoms with Crippen molar-refractivity contribution >= 4 is 50.8 Å². The largest absolute Gasteiger partial charge is 0.493 e. The molecule has 0 saturated heterocycles. The highest BCUT2D eigenvalue weighted by molar-refractivity contribution is 9.10. The maximum absolute atomic E-state index is 12.3. The summed E-state index contributed by atoms with van der Waals surface area (Å²) in [5, 5.41) is 9.63. The van der Waals surface area contributed by atoms with Gasteiger partial charge in [0.25, 0.3) is 5.91 Å². The van der Waals surface area contributed by atoms with Crippen molar-refractivity contribution in [1.29, 1.82) is 0 Å². The van der Waals surface area contributed by atoms with Crippen LogP contribution < -0.4 is 14.9 Å². The summed E-state index contributed by atoms with van der Waals surface area (Å²) in [6.07, 6.45) is 0. The topological polar surface area (TPSA) is 77.7 Å². The maximum Gasteiger partial charge on any atom is 0.261 e. The Labute approximate surface area is 210 Å². The average molecular weight is 554 g/mol. The first-order valence-corrected chi connectivity index (χ1v) is 11.5. The van der Waals surface area contributed by atoms with Crippen molar-refractivity contribution in [3.05, 3.63) is 73.4 Å². The van der Waals surface area contributed by atoms with Gasteiger partial charge in [0.1, 0.15) is 13.2 Å². The SMILES string of the molecule is COc1cc(C(C)=NNC(=O)Cn2nc(C)c(Br)c2C)ccc1OCc1ccc(Cl)cc1Cl. The molecule has 1 amide bonds. The second-order valence-corrected chi connectivity index (χ2v) is 8.90. The van der Waals surface area contributed by atoms with Crippen LogP contribution in [0.3, 0.4) is 0 Å². The molecule has 1 aromatic heterocycles. The first-order valence-electron chi connectivity index (χ1n) is 9.97. The number of aromatic nitrogens is 2. The van der Waals surface area contributed by atoms with Crippen LogP contribution in [-0.4, -0.2) is 28.5 Å². The van der Waals surface area contributed by atoms with Crippen molar-refractivity contribution < 1.29 is 14.3 Å². The van der Waals surface area contributed by atoms with Crippen molar-refractivity contribution in [3.8, 4) is 11.5 Å². The Morgan fingerprint density at radius 2 is 1.94 bits per heavy atom. The third kappa shape index (κ3) is 6.28. The lowest BCUT2D eigenvalue weighted by Gasteiger charge is -2.13. The van der Waals surface area contributed by atoms with Crippen LogP contribution in [-0.2, 0) is 17.9 Å². The molecular formula is C23H23BrCl2N4O3. The summed E-state index contributed by atoms with van der Waals surface area (Å²) in [5.41, 5.74) is 6.47. The minimum absolute atomic E-state index is 0.0679. The molecule has 1 N–H and O–H groups in total. The molecule has 33 heavy (non-hydrogen) atoms. The van der Waals surface area contributed by atoms with Gasteiger partial charge in [-0.1, -0.05) is 29.3 Å². The van der Waals surface area contributed by atoms with Gasteiger partial charge in [-0.3, -0.25) is 9.48 Å². The van der Waals surface area contributed by atoms with Crippen LogP contribution in [0, 0.1) is 13.8 Å². The summed E-state index contributed by atoms with van der Waals surface area (Å²) in [4.78, 5) is 12.3. The third-order valence-corrected chi connectivity index (χ3v) is 6.65. The molecule has 3 rings (SSSR count). The van der Waals surface area contributed by atoms with Gasteiger partial charge in [0.15, 0.2) is 11.5 Å². The van der Waals surface area contributed by atoms with E-state index >= 15 is 0 Å². The minimum atomic E-state index is -0.279. The second kappa shape index (κ2) is 11.0. The van der Waals surface area contributed by atoms with E-state index in [1.165, 1.54) is 0 Å². The number of hydrogen-bond donors (Lipinski definition) is 1. The quantitative estimate of drug-likeness (QED) is 0.287. The van der Waals surface area contributed by atoms with E-state index in [0.29, 0.717) is 27.3 Å². The zero-order valence-electron chi connectivity index (χ0n) is 18.6. The minimum Gasteiger partial charge on any atom is -0.493 e. The van der Waals surface area contributed by atoms with Crippen molar-refractivity contribution in [2.45, 2.75) is 33.9 Å². The highest BCUT2D eigenvalue weighted by atomic mass is 79.9. The Morgan fingerprint density at radius 3 is 2.58 bits per heavy atom. The van der Waals surface area contributed by atoms with Gasteiger partial charge >= 0.3 is 0 Å². The Kier molecular flexibility index (Phi) is 8.40. The number of amides is 1. The zero-order valence-corrected chi connectivity index (χ0v) is 21.7. The fraction of sp³-hybridized carbons (Fsp3) is 0.261. The zero-order chi connectivity index (χ0) is 24.1. The molecule has 0 aliphatic heterocycles. The molecule has 2 aromatic carbocycles. The average Bonchev–Trinajstić information content (AvgIpc) is 3.03. The van der Waals surface area contributed by atoms with Crippen molar-refractivity contribution in [1.82, 2.24) is 15.2 Å². The molecule has 0 atom stereocenters. The highest BCUT2D eigenvalue weighted by Crippen LogP contribution is 2.30. The van der Waals surface area contributed by atoms with E-state index in [0.717, 1.165) is 27.0 Å². The number of benzene rings is 2. The van der Waals surface area contributed by atoms with E-state index in [1.807, 2.05) is 26.0 Å². The number of carbonyl (C=O) groups is 1. The van der Waals surface area contributed by atoms with Crippen LogP contribution >= 0.6 is 39.1 Å². The number of methoxy groups -OCH3 is 1. The van der Waals surface area contributed by atoms with E-state index in [4.69, 9.17) is 32.7 Å². The molecule has 3 aromatic rings. The number of hydrogen-bond acceptors (Lipinski definition) is 5. The Balaban J connectivity index is 1.66. The Morgan fingerprint density at radius 1 is 1.18 bits per heavy atom. The number of rotatable bonds is 8. The molecule has 10 heteroatoms. The van der Waals surface area contributed by atoms with Gasteiger partial charge in [-0.15, -0.1) is 0 Å². The molecule has 0 saturated carbocycles. The van der Waals surface area contributed by atoms with Gasteiger partial charge in [-0.25, -0.2) is 5.43 Å². The van der Waals surface area contributed by atoms with Gasteiger partial charge in [0.2, 0.25) is 0 Å². The van der Waals surface area contributed by atoms with Crippen LogP contribution in [0.5, 0.6) is 11.5 Å². The third-order valence-electron chi connectivity index (χ3n) is 4.91. The first-order chi connectivity index (χ1) is 15.7. The van der Waals surface area contributed by atoms with Crippen molar-refractivity contribution in [2.75, 3.05) is 7.11 Å². The van der Waals surface area contributed by atoms with E-state index in [1.54, 1.807) is 43.0 Å². The predicted molar refractivity (Wildman–Crippen MR) is 134 cm³/mol. The van der Waals surface area contributed by atoms with Crippen LogP contribution in [0.15, 0.2) is 46.0 Å². The van der Waals surface area contributed by atoms with Crippen LogP contribution in [0.4, 0.5) is 0 Å². The highest BCUT2D eigenvalue weighted by Gasteiger charge is 2.13. The van der Waals surface area contributed by atoms with Crippen LogP contribution in [0.2, 0.25) is 10.0 Å². The molecule has 0 radical (unpaired) electrons. The summed E-state index contributed by atoms with van der Waals surface area (Å²) < 4.78 is 13.9. The van der Waals surface area contributed by atoms with Gasteiger partial charge in [0.05, 0.1) is 28.7 Å². The van der Waals surface area contributed by atoms with E-state index in [2.05, 4.69) is 31.6 Å². The molecule has 1 heterocycles. The number of nitrogens with one attached hydrogen (secondary N) is 1. The second-order valence-electron chi connectivity index (χ2n) is 7.26. The lowest BCUT2D eigenvalue weighted by molar-refractivity contribution is -0.121. The van der Waals surface area contributed by atoms with Gasteiger partial charge < -0.3 is 9.47 Å². The molecule has 0 fully saturated rings. The molecule has 0 spiro atoms. The molecule has 0 unspecified atom stereocenters. The molecule has 174 valence electrons. The molecule has 0 bridgehead atoms. The summed E-state index contributed by atoms with van der Waals surface area (Å²) in [5.74, 6) is 0.810. The van der Waals surface area contributed by atoms with Crippen LogP contribution in [0.25, 0.3) is 0 Å². The Hall–Kier alpha value is -2.55. The van der Waals surface area contributed by atoms with Gasteiger partial charge in [-0.05, 0) is 67.0 Å². The lowest BCUT2D eigenvalue weighted by Crippen LogP contribution is -2.25. The predicted octanol–water partition coefficient (Wildman–Crippen LogP) is 5.70. The number of hydrazone groups is 1. The fourth-order valence-electron chi connectivity index (χ4n) is 3.02. The molecule has 0 aliphatic carbocycles. The van der Waals surface area contributed by atoms with Gasteiger partial charge in [-0.2, -0.15) is 10.2 Å². The van der Waals surface area contributed by atoms with Crippen molar-refractivity contribution in [3.63, 3.8) is 0 Å². The number of halogens is 3. The first kappa shape index (κ1) is 25.1. The normalized spacial score (nSPS) is 11.4. The number of aryl methyl sites for hydroxylation is 1. The monoisotopic (exact) mass is 552 g/mol. The number of ether oxygens (including phenoxy) is 2.